The highest BCUT2D eigenvalue weighted by atomic mass is 16.5. The van der Waals surface area contributed by atoms with Crippen LogP contribution < -0.4 is 5.73 Å². The average molecular weight is 400 g/mol. The van der Waals surface area contributed by atoms with E-state index < -0.39 is 12.6 Å². The Morgan fingerprint density at radius 2 is 1.70 bits per heavy atom. The molecular weight excluding hydrogens is 380 g/mol. The van der Waals surface area contributed by atoms with Crippen molar-refractivity contribution in [2.75, 3.05) is 12.3 Å². The van der Waals surface area contributed by atoms with Gasteiger partial charge < -0.3 is 15.0 Å². The molecule has 0 amide bonds. The molecule has 4 aromatic rings. The Balaban J connectivity index is 1.74. The van der Waals surface area contributed by atoms with Gasteiger partial charge in [-0.05, 0) is 18.6 Å². The summed E-state index contributed by atoms with van der Waals surface area (Å²) in [6, 6.07) is 17.4. The minimum atomic E-state index is -0.783. The highest BCUT2D eigenvalue weighted by Gasteiger charge is 2.24. The largest absolute Gasteiger partial charge is 0.452 e. The van der Waals surface area contributed by atoms with Crippen molar-refractivity contribution < 1.29 is 14.3 Å². The van der Waals surface area contributed by atoms with Gasteiger partial charge >= 0.3 is 5.97 Å². The van der Waals surface area contributed by atoms with Gasteiger partial charge in [0, 0.05) is 29.8 Å². The van der Waals surface area contributed by atoms with Gasteiger partial charge in [0.15, 0.2) is 18.1 Å². The van der Waals surface area contributed by atoms with Crippen molar-refractivity contribution in [3.05, 3.63) is 78.2 Å². The number of aryl methyl sites for hydroxylation is 1. The molecule has 7 heteroatoms. The van der Waals surface area contributed by atoms with Crippen LogP contribution in [0, 0.1) is 0 Å². The van der Waals surface area contributed by atoms with E-state index in [1.54, 1.807) is 0 Å². The Hall–Kier alpha value is -4.00. The van der Waals surface area contributed by atoms with Crippen LogP contribution in [0.2, 0.25) is 0 Å². The van der Waals surface area contributed by atoms with Crippen molar-refractivity contribution in [1.82, 2.24) is 14.5 Å². The maximum absolute atomic E-state index is 13.2. The summed E-state index contributed by atoms with van der Waals surface area (Å²) in [5.41, 5.74) is 8.77. The minimum absolute atomic E-state index is 0.0393. The summed E-state index contributed by atoms with van der Waals surface area (Å²) in [4.78, 5) is 33.3. The molecule has 2 aromatic heterocycles. The van der Waals surface area contributed by atoms with E-state index in [0.29, 0.717) is 12.1 Å². The molecule has 2 N–H and O–H groups in total. The average Bonchev–Trinajstić information content (AvgIpc) is 3.12. The lowest BCUT2D eigenvalue weighted by Crippen LogP contribution is -2.17. The van der Waals surface area contributed by atoms with Crippen LogP contribution in [-0.2, 0) is 11.3 Å². The number of ether oxygens (including phenoxy) is 1. The highest BCUT2D eigenvalue weighted by Crippen LogP contribution is 2.34. The van der Waals surface area contributed by atoms with E-state index in [0.717, 1.165) is 22.2 Å². The number of carbonyl (C=O) groups is 2. The first-order chi connectivity index (χ1) is 14.6. The van der Waals surface area contributed by atoms with Crippen LogP contribution in [-0.4, -0.2) is 32.9 Å². The predicted molar refractivity (Wildman–Crippen MR) is 114 cm³/mol. The Bertz CT molecular complexity index is 1230. The van der Waals surface area contributed by atoms with Crippen LogP contribution in [0.4, 0.5) is 5.82 Å². The second kappa shape index (κ2) is 8.16. The number of benzene rings is 2. The zero-order chi connectivity index (χ0) is 21.1. The van der Waals surface area contributed by atoms with Crippen LogP contribution in [0.25, 0.3) is 22.2 Å². The number of aromatic nitrogens is 3. The zero-order valence-electron chi connectivity index (χ0n) is 16.4. The Morgan fingerprint density at radius 3 is 2.43 bits per heavy atom. The van der Waals surface area contributed by atoms with Gasteiger partial charge in [0.25, 0.3) is 0 Å². The van der Waals surface area contributed by atoms with E-state index in [9.17, 15) is 9.59 Å². The number of hydrogen-bond acceptors (Lipinski definition) is 6. The standard InChI is InChI=1S/C23H20N4O3/c1-2-27-17-11-7-6-10-16(17)19(21(27)15-8-4-3-5-9-15)18(28)14-30-23(29)20-22(24)26-13-12-25-20/h3-13H,2,14H2,1H3,(H2,24,26). The molecule has 0 atom stereocenters. The van der Waals surface area contributed by atoms with Crippen LogP contribution >= 0.6 is 0 Å². The van der Waals surface area contributed by atoms with Crippen molar-refractivity contribution in [1.29, 1.82) is 0 Å². The lowest BCUT2D eigenvalue weighted by atomic mass is 10.0. The summed E-state index contributed by atoms with van der Waals surface area (Å²) >= 11 is 0. The van der Waals surface area contributed by atoms with Crippen molar-refractivity contribution in [3.63, 3.8) is 0 Å². The van der Waals surface area contributed by atoms with E-state index in [4.69, 9.17) is 10.5 Å². The number of Topliss-reactive ketones (excluding diaryl/α,β-unsaturated/α-hetero) is 1. The van der Waals surface area contributed by atoms with Crippen LogP contribution in [0.15, 0.2) is 67.0 Å². The third-order valence-electron chi connectivity index (χ3n) is 4.87. The quantitative estimate of drug-likeness (QED) is 0.391. The fourth-order valence-corrected chi connectivity index (χ4v) is 3.59. The Labute approximate surface area is 173 Å². The maximum atomic E-state index is 13.2. The maximum Gasteiger partial charge on any atom is 0.361 e. The molecule has 0 radical (unpaired) electrons. The number of rotatable bonds is 6. The molecule has 0 bridgehead atoms. The first kappa shape index (κ1) is 19.3. The number of carbonyl (C=O) groups excluding carboxylic acids is 2. The number of nitrogen functional groups attached to an aromatic ring is 1. The second-order valence-electron chi connectivity index (χ2n) is 6.64. The van der Waals surface area contributed by atoms with Crippen molar-refractivity contribution in [2.45, 2.75) is 13.5 Å². The molecule has 0 saturated carbocycles. The highest BCUT2D eigenvalue weighted by molar-refractivity contribution is 6.14. The Morgan fingerprint density at radius 1 is 1.00 bits per heavy atom. The van der Waals surface area contributed by atoms with Gasteiger partial charge in [0.1, 0.15) is 0 Å². The minimum Gasteiger partial charge on any atom is -0.452 e. The first-order valence-corrected chi connectivity index (χ1v) is 9.55. The van der Waals surface area contributed by atoms with Gasteiger partial charge in [-0.3, -0.25) is 4.79 Å². The van der Waals surface area contributed by atoms with Gasteiger partial charge in [0.2, 0.25) is 5.78 Å². The normalized spacial score (nSPS) is 10.8. The molecule has 0 unspecified atom stereocenters. The number of anilines is 1. The molecule has 0 spiro atoms. The monoisotopic (exact) mass is 400 g/mol. The molecule has 7 nitrogen and oxygen atoms in total. The summed E-state index contributed by atoms with van der Waals surface area (Å²) in [5, 5.41) is 0.818. The van der Waals surface area contributed by atoms with E-state index in [1.807, 2.05) is 61.5 Å². The molecule has 4 rings (SSSR count). The van der Waals surface area contributed by atoms with Gasteiger partial charge in [-0.2, -0.15) is 0 Å². The second-order valence-corrected chi connectivity index (χ2v) is 6.64. The summed E-state index contributed by atoms with van der Waals surface area (Å²) in [6.45, 7) is 2.30. The lowest BCUT2D eigenvalue weighted by molar-refractivity contribution is 0.0470. The molecule has 0 aliphatic heterocycles. The molecule has 0 saturated heterocycles. The molecule has 0 fully saturated rings. The number of nitrogens with two attached hydrogens (primary N) is 1. The number of esters is 1. The van der Waals surface area contributed by atoms with Crippen LogP contribution in [0.5, 0.6) is 0 Å². The number of ketones is 1. The molecule has 150 valence electrons. The Kier molecular flexibility index (Phi) is 5.26. The summed E-state index contributed by atoms with van der Waals surface area (Å²) in [6.07, 6.45) is 2.72. The molecule has 30 heavy (non-hydrogen) atoms. The number of nitrogens with zero attached hydrogens (tertiary/aromatic N) is 3. The van der Waals surface area contributed by atoms with E-state index in [2.05, 4.69) is 14.5 Å². The summed E-state index contributed by atoms with van der Waals surface area (Å²) < 4.78 is 7.33. The molecule has 0 aliphatic rings. The van der Waals surface area contributed by atoms with E-state index in [1.165, 1.54) is 12.4 Å². The van der Waals surface area contributed by atoms with Crippen LogP contribution in [0.3, 0.4) is 0 Å². The molecular formula is C23H20N4O3. The summed E-state index contributed by atoms with van der Waals surface area (Å²) in [5.74, 6) is -1.12. The third-order valence-corrected chi connectivity index (χ3v) is 4.87. The number of fused-ring (bicyclic) bond motifs is 1. The molecule has 2 aromatic carbocycles. The fourth-order valence-electron chi connectivity index (χ4n) is 3.59. The van der Waals surface area contributed by atoms with Crippen molar-refractivity contribution in [3.8, 4) is 11.3 Å². The summed E-state index contributed by atoms with van der Waals surface area (Å²) in [7, 11) is 0. The van der Waals surface area contributed by atoms with Gasteiger partial charge in [0.05, 0.1) is 11.3 Å². The zero-order valence-corrected chi connectivity index (χ0v) is 16.4. The van der Waals surface area contributed by atoms with Gasteiger partial charge in [-0.15, -0.1) is 0 Å². The molecule has 2 heterocycles. The fraction of sp³-hybridized carbons (Fsp3) is 0.130. The van der Waals surface area contributed by atoms with Crippen LogP contribution in [0.1, 0.15) is 27.8 Å². The SMILES string of the molecule is CCn1c(-c2ccccc2)c(C(=O)COC(=O)c2nccnc2N)c2ccccc21. The molecule has 0 aliphatic carbocycles. The van der Waals surface area contributed by atoms with Gasteiger partial charge in [-0.25, -0.2) is 14.8 Å². The third kappa shape index (κ3) is 3.41. The topological polar surface area (TPSA) is 100 Å². The number of para-hydroxylation sites is 1. The smallest absolute Gasteiger partial charge is 0.361 e. The van der Waals surface area contributed by atoms with E-state index in [-0.39, 0.29) is 17.3 Å². The van der Waals surface area contributed by atoms with E-state index >= 15 is 0 Å². The van der Waals surface area contributed by atoms with Crippen molar-refractivity contribution >= 4 is 28.5 Å². The first-order valence-electron chi connectivity index (χ1n) is 9.55. The number of hydrogen-bond donors (Lipinski definition) is 1. The lowest BCUT2D eigenvalue weighted by Gasteiger charge is -2.11. The van der Waals surface area contributed by atoms with Crippen molar-refractivity contribution in [2.24, 2.45) is 0 Å². The van der Waals surface area contributed by atoms with Gasteiger partial charge in [-0.1, -0.05) is 48.5 Å². The predicted octanol–water partition coefficient (Wildman–Crippen LogP) is 3.74.